The molecule has 0 atom stereocenters. The number of aromatic nitrogens is 3. The first-order valence-electron chi connectivity index (χ1n) is 10.3. The van der Waals surface area contributed by atoms with Crippen LogP contribution in [0.1, 0.15) is 55.4 Å². The van der Waals surface area contributed by atoms with Crippen LogP contribution in [0.2, 0.25) is 0 Å². The van der Waals surface area contributed by atoms with Crippen molar-refractivity contribution in [3.8, 4) is 6.01 Å². The summed E-state index contributed by atoms with van der Waals surface area (Å²) in [5, 5.41) is 20.3. The van der Waals surface area contributed by atoms with Crippen molar-refractivity contribution in [1.29, 1.82) is 0 Å². The zero-order valence-corrected chi connectivity index (χ0v) is 18.2. The fourth-order valence-corrected chi connectivity index (χ4v) is 4.46. The van der Waals surface area contributed by atoms with Gasteiger partial charge in [-0.3, -0.25) is 0 Å². The summed E-state index contributed by atoms with van der Waals surface area (Å²) in [6, 6.07) is 2.69. The number of fused-ring (bicyclic) bond motifs is 2. The Morgan fingerprint density at radius 1 is 1.21 bits per heavy atom. The zero-order valence-electron chi connectivity index (χ0n) is 17.3. The van der Waals surface area contributed by atoms with E-state index in [-0.39, 0.29) is 6.01 Å². The number of H-pyrrole nitrogens is 1. The molecule has 0 fully saturated rings. The highest BCUT2D eigenvalue weighted by Gasteiger charge is 2.24. The van der Waals surface area contributed by atoms with Crippen LogP contribution in [-0.4, -0.2) is 43.9 Å². The van der Waals surface area contributed by atoms with E-state index in [1.807, 2.05) is 7.05 Å². The molecule has 1 heterocycles. The van der Waals surface area contributed by atoms with E-state index >= 15 is 0 Å². The van der Waals surface area contributed by atoms with Gasteiger partial charge in [-0.15, -0.1) is 5.10 Å². The second kappa shape index (κ2) is 8.51. The molecule has 0 aliphatic heterocycles. The number of aliphatic hydroxyl groups is 1. The minimum atomic E-state index is -0.693. The van der Waals surface area contributed by atoms with Crippen molar-refractivity contribution in [3.05, 3.63) is 28.3 Å². The van der Waals surface area contributed by atoms with E-state index in [9.17, 15) is 5.11 Å². The summed E-state index contributed by atoms with van der Waals surface area (Å²) in [6.45, 7) is 4.22. The summed E-state index contributed by atoms with van der Waals surface area (Å²) < 4.78 is 7.31. The first-order valence-corrected chi connectivity index (χ1v) is 11.0. The third-order valence-corrected chi connectivity index (χ3v) is 6.05. The van der Waals surface area contributed by atoms with Crippen molar-refractivity contribution in [2.75, 3.05) is 18.9 Å². The van der Waals surface area contributed by atoms with E-state index in [0.717, 1.165) is 25.1 Å². The minimum Gasteiger partial charge on any atom is -0.390 e. The van der Waals surface area contributed by atoms with Gasteiger partial charge in [0.2, 0.25) is 5.95 Å². The molecule has 0 radical (unpaired) electrons. The predicted octanol–water partition coefficient (Wildman–Crippen LogP) is 3.07. The topological polar surface area (TPSA) is 98.3 Å². The quantitative estimate of drug-likeness (QED) is 0.280. The Kier molecular flexibility index (Phi) is 6.00. The van der Waals surface area contributed by atoms with Gasteiger partial charge in [0.25, 0.3) is 0 Å². The van der Waals surface area contributed by atoms with Crippen LogP contribution in [-0.2, 0) is 25.7 Å². The minimum absolute atomic E-state index is 0.276. The molecule has 8 nitrogen and oxygen atoms in total. The highest BCUT2D eigenvalue weighted by molar-refractivity contribution is 7.92. The average Bonchev–Trinajstić information content (AvgIpc) is 3.39. The van der Waals surface area contributed by atoms with Crippen molar-refractivity contribution in [2.24, 2.45) is 0 Å². The van der Waals surface area contributed by atoms with E-state index in [2.05, 4.69) is 32.0 Å². The molecule has 1 aromatic heterocycles. The van der Waals surface area contributed by atoms with E-state index in [4.69, 9.17) is 4.18 Å². The van der Waals surface area contributed by atoms with Gasteiger partial charge in [0.1, 0.15) is 0 Å². The van der Waals surface area contributed by atoms with Crippen LogP contribution in [0, 0.1) is 0 Å². The summed E-state index contributed by atoms with van der Waals surface area (Å²) in [6.07, 6.45) is 7.68. The molecule has 0 saturated carbocycles. The first kappa shape index (κ1) is 20.5. The van der Waals surface area contributed by atoms with Crippen LogP contribution in [0.25, 0.3) is 0 Å². The smallest absolute Gasteiger partial charge is 0.350 e. The summed E-state index contributed by atoms with van der Waals surface area (Å²) in [4.78, 5) is 4.43. The van der Waals surface area contributed by atoms with Crippen LogP contribution >= 0.6 is 12.2 Å². The van der Waals surface area contributed by atoms with Crippen LogP contribution in [0.5, 0.6) is 6.01 Å². The number of anilines is 2. The fourth-order valence-electron chi connectivity index (χ4n) is 4.06. The Labute approximate surface area is 176 Å². The molecule has 158 valence electrons. The van der Waals surface area contributed by atoms with Crippen molar-refractivity contribution < 1.29 is 9.29 Å². The molecule has 0 saturated heterocycles. The Morgan fingerprint density at radius 3 is 2.55 bits per heavy atom. The lowest BCUT2D eigenvalue weighted by molar-refractivity contribution is 0.0681. The van der Waals surface area contributed by atoms with Crippen LogP contribution in [0.15, 0.2) is 6.07 Å². The molecule has 2 aromatic rings. The van der Waals surface area contributed by atoms with Gasteiger partial charge >= 0.3 is 6.01 Å². The lowest BCUT2D eigenvalue weighted by atomic mass is 9.99. The summed E-state index contributed by atoms with van der Waals surface area (Å²) in [5.41, 5.74) is 9.53. The van der Waals surface area contributed by atoms with Gasteiger partial charge < -0.3 is 14.6 Å². The number of rotatable bonds is 9. The summed E-state index contributed by atoms with van der Waals surface area (Å²) >= 11 is 1.11. The fraction of sp³-hybridized carbons (Fsp3) is 0.600. The maximum atomic E-state index is 9.75. The maximum absolute atomic E-state index is 9.75. The van der Waals surface area contributed by atoms with Gasteiger partial charge in [-0.2, -0.15) is 9.40 Å². The number of benzene rings is 1. The van der Waals surface area contributed by atoms with Crippen LogP contribution in [0.3, 0.4) is 0 Å². The third-order valence-electron chi connectivity index (χ3n) is 5.48. The van der Waals surface area contributed by atoms with Gasteiger partial charge in [-0.1, -0.05) is 6.07 Å². The van der Waals surface area contributed by atoms with Gasteiger partial charge in [0, 0.05) is 19.3 Å². The Balaban J connectivity index is 1.35. The second-order valence-corrected chi connectivity index (χ2v) is 9.31. The average molecular weight is 419 g/mol. The van der Waals surface area contributed by atoms with Gasteiger partial charge in [0.15, 0.2) is 12.2 Å². The number of aryl methyl sites for hydroxylation is 2. The molecule has 4 N–H and O–H groups in total. The molecule has 9 heteroatoms. The molecular weight excluding hydrogens is 388 g/mol. The number of aromatic amines is 1. The molecule has 2 aliphatic rings. The Bertz CT molecular complexity index is 831. The number of hydrogen-bond donors (Lipinski definition) is 4. The lowest BCUT2D eigenvalue weighted by Crippen LogP contribution is -2.34. The standard InChI is InChI=1S/C20H30N6O2S/c1-20(2,27)10-11-21-26(3)29-28-19-23-18(24-25-19)22-17-15-8-4-6-13(15)12-14-7-5-9-16(14)17/h12,21,27H,4-11H2,1-3H3,(H2,22,23,24,25). The maximum Gasteiger partial charge on any atom is 0.350 e. The first-order chi connectivity index (χ1) is 13.9. The monoisotopic (exact) mass is 418 g/mol. The van der Waals surface area contributed by atoms with Crippen molar-refractivity contribution in [2.45, 2.75) is 64.4 Å². The largest absolute Gasteiger partial charge is 0.390 e. The van der Waals surface area contributed by atoms with Crippen LogP contribution in [0.4, 0.5) is 11.6 Å². The van der Waals surface area contributed by atoms with Crippen molar-refractivity contribution >= 4 is 23.9 Å². The highest BCUT2D eigenvalue weighted by atomic mass is 32.2. The summed E-state index contributed by atoms with van der Waals surface area (Å²) in [7, 11) is 1.84. The SMILES string of the molecule is CN(NCCC(C)(C)O)SOc1n[nH]c(Nc2c3c(cc4c2CCC4)CCC3)n1. The Morgan fingerprint density at radius 2 is 1.90 bits per heavy atom. The molecule has 2 aliphatic carbocycles. The molecular formula is C20H30N6O2S. The van der Waals surface area contributed by atoms with Gasteiger partial charge in [-0.05, 0) is 81.0 Å². The predicted molar refractivity (Wildman–Crippen MR) is 115 cm³/mol. The summed E-state index contributed by atoms with van der Waals surface area (Å²) in [5.74, 6) is 0.604. The lowest BCUT2D eigenvalue weighted by Gasteiger charge is -2.20. The van der Waals surface area contributed by atoms with Crippen LogP contribution < -0.4 is 14.9 Å². The number of hydrazine groups is 1. The highest BCUT2D eigenvalue weighted by Crippen LogP contribution is 2.39. The molecule has 29 heavy (non-hydrogen) atoms. The molecule has 4 rings (SSSR count). The van der Waals surface area contributed by atoms with Gasteiger partial charge in [-0.25, -0.2) is 10.5 Å². The molecule has 0 amide bonds. The van der Waals surface area contributed by atoms with Gasteiger partial charge in [0.05, 0.1) is 5.60 Å². The number of nitrogens with one attached hydrogen (secondary N) is 3. The normalized spacial score (nSPS) is 15.6. The Hall–Kier alpha value is -1.81. The second-order valence-electron chi connectivity index (χ2n) is 8.45. The van der Waals surface area contributed by atoms with Crippen molar-refractivity contribution in [1.82, 2.24) is 25.0 Å². The molecule has 1 aromatic carbocycles. The molecule has 0 spiro atoms. The van der Waals surface area contributed by atoms with E-state index < -0.39 is 5.60 Å². The number of nitrogens with zero attached hydrogens (tertiary/aromatic N) is 3. The van der Waals surface area contributed by atoms with E-state index in [0.29, 0.717) is 18.9 Å². The molecule has 0 bridgehead atoms. The number of hydrogen-bond acceptors (Lipinski definition) is 8. The van der Waals surface area contributed by atoms with Crippen molar-refractivity contribution in [3.63, 3.8) is 0 Å². The zero-order chi connectivity index (χ0) is 20.4. The van der Waals surface area contributed by atoms with E-state index in [1.165, 1.54) is 53.6 Å². The third kappa shape index (κ3) is 5.03. The molecule has 0 unspecified atom stereocenters. The van der Waals surface area contributed by atoms with E-state index in [1.54, 1.807) is 18.3 Å².